The molecule has 0 radical (unpaired) electrons. The lowest BCUT2D eigenvalue weighted by Crippen LogP contribution is -2.24. The molecule has 14 heavy (non-hydrogen) atoms. The van der Waals surface area contributed by atoms with Crippen molar-refractivity contribution in [2.24, 2.45) is 5.92 Å². The molecule has 0 amide bonds. The first-order valence-electron chi connectivity index (χ1n) is 4.30. The fraction of sp³-hybridized carbons (Fsp3) is 1.00. The zero-order valence-corrected chi connectivity index (χ0v) is 7.67. The standard InChI is InChI=1S/C8H12F6/c1-2-3-6(8(12,13)14)4-5-7(9,10)11/h6H,2-5H2,1H3/t6-/m0/s1. The van der Waals surface area contributed by atoms with E-state index in [-0.39, 0.29) is 12.8 Å². The van der Waals surface area contributed by atoms with Gasteiger partial charge in [-0.3, -0.25) is 0 Å². The normalized spacial score (nSPS) is 15.6. The van der Waals surface area contributed by atoms with Gasteiger partial charge in [-0.05, 0) is 12.8 Å². The molecule has 0 aromatic heterocycles. The molecule has 0 saturated carbocycles. The van der Waals surface area contributed by atoms with E-state index < -0.39 is 31.1 Å². The number of rotatable bonds is 4. The molecule has 0 N–H and O–H groups in total. The molecule has 0 saturated heterocycles. The van der Waals surface area contributed by atoms with Gasteiger partial charge in [0.05, 0.1) is 5.92 Å². The zero-order chi connectivity index (χ0) is 11.4. The molecule has 0 heterocycles. The van der Waals surface area contributed by atoms with E-state index in [9.17, 15) is 26.3 Å². The molecule has 0 spiro atoms. The molecule has 0 nitrogen and oxygen atoms in total. The molecule has 0 aromatic rings. The van der Waals surface area contributed by atoms with Crippen LogP contribution < -0.4 is 0 Å². The Balaban J connectivity index is 4.12. The monoisotopic (exact) mass is 222 g/mol. The second kappa shape index (κ2) is 4.89. The average Bonchev–Trinajstić information content (AvgIpc) is 1.93. The summed E-state index contributed by atoms with van der Waals surface area (Å²) in [7, 11) is 0. The molecule has 0 aromatic carbocycles. The lowest BCUT2D eigenvalue weighted by Gasteiger charge is -2.20. The summed E-state index contributed by atoms with van der Waals surface area (Å²) in [4.78, 5) is 0. The summed E-state index contributed by atoms with van der Waals surface area (Å²) in [5, 5.41) is 0. The van der Waals surface area contributed by atoms with E-state index in [1.807, 2.05) is 0 Å². The number of hydrogen-bond donors (Lipinski definition) is 0. The van der Waals surface area contributed by atoms with Gasteiger partial charge < -0.3 is 0 Å². The maximum Gasteiger partial charge on any atom is 0.391 e. The van der Waals surface area contributed by atoms with Crippen LogP contribution in [0.15, 0.2) is 0 Å². The SMILES string of the molecule is CCC[C@@H](CCC(F)(F)F)C(F)(F)F. The van der Waals surface area contributed by atoms with Gasteiger partial charge >= 0.3 is 12.4 Å². The number of hydrogen-bond acceptors (Lipinski definition) is 0. The molecule has 0 fully saturated rings. The molecular weight excluding hydrogens is 210 g/mol. The summed E-state index contributed by atoms with van der Waals surface area (Å²) in [5.41, 5.74) is 0. The summed E-state index contributed by atoms with van der Waals surface area (Å²) in [6, 6.07) is 0. The van der Waals surface area contributed by atoms with Crippen LogP contribution in [0.4, 0.5) is 26.3 Å². The second-order valence-corrected chi connectivity index (χ2v) is 3.18. The van der Waals surface area contributed by atoms with Crippen LogP contribution in [0.25, 0.3) is 0 Å². The molecule has 0 aliphatic carbocycles. The largest absolute Gasteiger partial charge is 0.391 e. The number of alkyl halides is 6. The lowest BCUT2D eigenvalue weighted by atomic mass is 9.97. The Bertz CT molecular complexity index is 156. The van der Waals surface area contributed by atoms with Crippen LogP contribution in [0.3, 0.4) is 0 Å². The van der Waals surface area contributed by atoms with E-state index in [4.69, 9.17) is 0 Å². The quantitative estimate of drug-likeness (QED) is 0.622. The van der Waals surface area contributed by atoms with Crippen molar-refractivity contribution in [1.82, 2.24) is 0 Å². The molecular formula is C8H12F6. The first-order chi connectivity index (χ1) is 6.17. The maximum absolute atomic E-state index is 12.1. The summed E-state index contributed by atoms with van der Waals surface area (Å²) in [5.74, 6) is -1.82. The highest BCUT2D eigenvalue weighted by atomic mass is 19.4. The Morgan fingerprint density at radius 2 is 1.43 bits per heavy atom. The van der Waals surface area contributed by atoms with E-state index in [0.29, 0.717) is 0 Å². The third-order valence-electron chi connectivity index (χ3n) is 1.88. The highest BCUT2D eigenvalue weighted by Gasteiger charge is 2.40. The van der Waals surface area contributed by atoms with Gasteiger partial charge in [-0.15, -0.1) is 0 Å². The Morgan fingerprint density at radius 3 is 1.71 bits per heavy atom. The molecule has 0 bridgehead atoms. The van der Waals surface area contributed by atoms with Crippen molar-refractivity contribution in [2.45, 2.75) is 45.0 Å². The Morgan fingerprint density at radius 1 is 0.929 bits per heavy atom. The Hall–Kier alpha value is -0.420. The minimum Gasteiger partial charge on any atom is -0.171 e. The van der Waals surface area contributed by atoms with E-state index in [0.717, 1.165) is 0 Å². The van der Waals surface area contributed by atoms with Gasteiger partial charge in [-0.1, -0.05) is 13.3 Å². The fourth-order valence-electron chi connectivity index (χ4n) is 1.16. The van der Waals surface area contributed by atoms with Gasteiger partial charge in [0.2, 0.25) is 0 Å². The molecule has 6 heteroatoms. The van der Waals surface area contributed by atoms with Crippen molar-refractivity contribution in [3.05, 3.63) is 0 Å². The topological polar surface area (TPSA) is 0 Å². The van der Waals surface area contributed by atoms with Crippen LogP contribution in [-0.2, 0) is 0 Å². The van der Waals surface area contributed by atoms with E-state index in [1.54, 1.807) is 0 Å². The van der Waals surface area contributed by atoms with Gasteiger partial charge in [0.25, 0.3) is 0 Å². The molecule has 0 unspecified atom stereocenters. The molecule has 0 aliphatic heterocycles. The summed E-state index contributed by atoms with van der Waals surface area (Å²) in [6.07, 6.45) is -11.2. The predicted octanol–water partition coefficient (Wildman–Crippen LogP) is 4.31. The molecule has 0 rings (SSSR count). The van der Waals surface area contributed by atoms with Crippen LogP contribution in [0.2, 0.25) is 0 Å². The van der Waals surface area contributed by atoms with Gasteiger partial charge in [-0.25, -0.2) is 0 Å². The Kier molecular flexibility index (Phi) is 4.74. The van der Waals surface area contributed by atoms with Crippen LogP contribution >= 0.6 is 0 Å². The van der Waals surface area contributed by atoms with Crippen LogP contribution in [-0.4, -0.2) is 12.4 Å². The Labute approximate surface area is 78.3 Å². The van der Waals surface area contributed by atoms with Gasteiger partial charge in [-0.2, -0.15) is 26.3 Å². The molecule has 1 atom stereocenters. The van der Waals surface area contributed by atoms with Gasteiger partial charge in [0.1, 0.15) is 0 Å². The van der Waals surface area contributed by atoms with Gasteiger partial charge in [0.15, 0.2) is 0 Å². The third kappa shape index (κ3) is 6.10. The van der Waals surface area contributed by atoms with Crippen molar-refractivity contribution in [3.63, 3.8) is 0 Å². The van der Waals surface area contributed by atoms with E-state index >= 15 is 0 Å². The minimum atomic E-state index is -4.51. The van der Waals surface area contributed by atoms with Crippen molar-refractivity contribution in [1.29, 1.82) is 0 Å². The minimum absolute atomic E-state index is 0.237. The van der Waals surface area contributed by atoms with Crippen LogP contribution in [0.5, 0.6) is 0 Å². The van der Waals surface area contributed by atoms with Crippen molar-refractivity contribution in [3.8, 4) is 0 Å². The van der Waals surface area contributed by atoms with E-state index in [2.05, 4.69) is 0 Å². The maximum atomic E-state index is 12.1. The van der Waals surface area contributed by atoms with Crippen molar-refractivity contribution in [2.75, 3.05) is 0 Å². The van der Waals surface area contributed by atoms with Crippen molar-refractivity contribution < 1.29 is 26.3 Å². The predicted molar refractivity (Wildman–Crippen MR) is 39.7 cm³/mol. The first-order valence-corrected chi connectivity index (χ1v) is 4.30. The van der Waals surface area contributed by atoms with Crippen LogP contribution in [0.1, 0.15) is 32.6 Å². The smallest absolute Gasteiger partial charge is 0.171 e. The van der Waals surface area contributed by atoms with E-state index in [1.165, 1.54) is 6.92 Å². The fourth-order valence-corrected chi connectivity index (χ4v) is 1.16. The first kappa shape index (κ1) is 13.6. The lowest BCUT2D eigenvalue weighted by molar-refractivity contribution is -0.191. The van der Waals surface area contributed by atoms with Crippen LogP contribution in [0, 0.1) is 5.92 Å². The third-order valence-corrected chi connectivity index (χ3v) is 1.88. The zero-order valence-electron chi connectivity index (χ0n) is 7.67. The number of halogens is 6. The van der Waals surface area contributed by atoms with Gasteiger partial charge in [0, 0.05) is 6.42 Å². The average molecular weight is 222 g/mol. The summed E-state index contributed by atoms with van der Waals surface area (Å²) in [6.45, 7) is 1.52. The summed E-state index contributed by atoms with van der Waals surface area (Å²) >= 11 is 0. The summed E-state index contributed by atoms with van der Waals surface area (Å²) < 4.78 is 71.4. The molecule has 0 aliphatic rings. The second-order valence-electron chi connectivity index (χ2n) is 3.18. The van der Waals surface area contributed by atoms with Crippen molar-refractivity contribution >= 4 is 0 Å². The highest BCUT2D eigenvalue weighted by Crippen LogP contribution is 2.36. The molecule has 86 valence electrons. The highest BCUT2D eigenvalue weighted by molar-refractivity contribution is 4.69.